The number of benzene rings is 1. The van der Waals surface area contributed by atoms with Crippen LogP contribution in [0.1, 0.15) is 109 Å². The third-order valence-corrected chi connectivity index (χ3v) is 14.2. The van der Waals surface area contributed by atoms with Crippen LogP contribution in [-0.2, 0) is 6.42 Å². The molecule has 1 saturated heterocycles. The molecule has 5 heteroatoms. The summed E-state index contributed by atoms with van der Waals surface area (Å²) in [6, 6.07) is 11.6. The number of aliphatic hydroxyl groups is 3. The van der Waals surface area contributed by atoms with Crippen LogP contribution in [0.4, 0.5) is 0 Å². The second kappa shape index (κ2) is 11.1. The molecule has 234 valence electrons. The molecule has 0 unspecified atom stereocenters. The van der Waals surface area contributed by atoms with Crippen molar-refractivity contribution in [2.75, 3.05) is 13.6 Å². The Hall–Kier alpha value is -0.980. The van der Waals surface area contributed by atoms with Crippen molar-refractivity contribution >= 4 is 0 Å². The Morgan fingerprint density at radius 1 is 1.05 bits per heavy atom. The van der Waals surface area contributed by atoms with Gasteiger partial charge >= 0.3 is 0 Å². The first-order chi connectivity index (χ1) is 20.2. The maximum Gasteiger partial charge on any atom is 0.0687 e. The number of fused-ring (bicyclic) bond motifs is 5. The highest BCUT2D eigenvalue weighted by atomic mass is 16.3. The minimum absolute atomic E-state index is 0.0721. The van der Waals surface area contributed by atoms with E-state index in [0.29, 0.717) is 29.8 Å². The molecule has 6 aliphatic rings. The number of piperidine rings is 1. The van der Waals surface area contributed by atoms with Gasteiger partial charge in [0.1, 0.15) is 0 Å². The lowest BCUT2D eigenvalue weighted by Crippen LogP contribution is -2.76. The van der Waals surface area contributed by atoms with E-state index in [2.05, 4.69) is 54.9 Å². The van der Waals surface area contributed by atoms with Crippen molar-refractivity contribution in [3.05, 3.63) is 35.9 Å². The zero-order chi connectivity index (χ0) is 29.2. The van der Waals surface area contributed by atoms with Gasteiger partial charge in [0, 0.05) is 24.0 Å². The first-order valence-electron chi connectivity index (χ1n) is 17.7. The van der Waals surface area contributed by atoms with Gasteiger partial charge < -0.3 is 26.0 Å². The number of likely N-dealkylation sites (N-methyl/N-ethyl adjacent to an activating group) is 1. The average molecular weight is 579 g/mol. The quantitative estimate of drug-likeness (QED) is 0.263. The molecule has 12 atom stereocenters. The molecule has 1 aliphatic heterocycles. The van der Waals surface area contributed by atoms with Crippen LogP contribution in [0.15, 0.2) is 30.3 Å². The third-order valence-electron chi connectivity index (χ3n) is 14.2. The summed E-state index contributed by atoms with van der Waals surface area (Å²) in [5, 5.41) is 43.1. The van der Waals surface area contributed by atoms with Gasteiger partial charge in [0.05, 0.1) is 17.8 Å². The first kappa shape index (κ1) is 29.7. The van der Waals surface area contributed by atoms with Crippen LogP contribution in [-0.4, -0.2) is 58.8 Å². The highest BCUT2D eigenvalue weighted by Crippen LogP contribution is 2.82. The van der Waals surface area contributed by atoms with Crippen molar-refractivity contribution < 1.29 is 15.3 Å². The van der Waals surface area contributed by atoms with Gasteiger partial charge in [0.2, 0.25) is 0 Å². The standard InChI is InChI=1S/C37H58N2O3/c1-34-16-7-17-36(42,24-34)31-21-35-19-26(10-6-11-29(40)15-12-25-8-4-3-5-9-25)18-30(35)33-27(13-14-28(39-33)23-38-2)20-37(31,35)32(41)22-34/h3-5,8-9,26-33,38-42H,6-7,10-24H2,1-2H3/t26-,27+,28+,29-,30-,31+,32-,33+,34-,35+,36+,37-/m0/s1. The number of aryl methyl sites for hydroxylation is 1. The molecule has 1 heterocycles. The van der Waals surface area contributed by atoms with Crippen LogP contribution >= 0.6 is 0 Å². The Morgan fingerprint density at radius 3 is 2.69 bits per heavy atom. The zero-order valence-electron chi connectivity index (χ0n) is 26.4. The smallest absolute Gasteiger partial charge is 0.0687 e. The molecule has 0 aromatic heterocycles. The van der Waals surface area contributed by atoms with Crippen LogP contribution in [0.2, 0.25) is 0 Å². The summed E-state index contributed by atoms with van der Waals surface area (Å²) in [6.07, 6.45) is 16.6. The van der Waals surface area contributed by atoms with E-state index in [1.807, 2.05) is 0 Å². The average Bonchev–Trinajstić information content (AvgIpc) is 3.34. The Labute approximate surface area is 254 Å². The monoisotopic (exact) mass is 578 g/mol. The Balaban J connectivity index is 1.10. The van der Waals surface area contributed by atoms with E-state index < -0.39 is 5.60 Å². The molecule has 0 radical (unpaired) electrons. The fourth-order valence-corrected chi connectivity index (χ4v) is 12.7. The van der Waals surface area contributed by atoms with E-state index in [9.17, 15) is 15.3 Å². The second-order valence-electron chi connectivity index (χ2n) is 16.6. The van der Waals surface area contributed by atoms with Gasteiger partial charge in [-0.05, 0) is 131 Å². The lowest BCUT2D eigenvalue weighted by Gasteiger charge is -2.75. The van der Waals surface area contributed by atoms with Gasteiger partial charge in [0.15, 0.2) is 0 Å². The normalized spacial score (nSPS) is 48.2. The van der Waals surface area contributed by atoms with Crippen molar-refractivity contribution in [1.29, 1.82) is 0 Å². The van der Waals surface area contributed by atoms with Gasteiger partial charge in [-0.3, -0.25) is 0 Å². The molecule has 1 aromatic rings. The van der Waals surface area contributed by atoms with E-state index in [-0.39, 0.29) is 34.4 Å². The van der Waals surface area contributed by atoms with Crippen LogP contribution in [0.5, 0.6) is 0 Å². The lowest BCUT2D eigenvalue weighted by atomic mass is 9.31. The fourth-order valence-electron chi connectivity index (χ4n) is 12.7. The summed E-state index contributed by atoms with van der Waals surface area (Å²) in [4.78, 5) is 0. The molecule has 5 saturated carbocycles. The predicted octanol–water partition coefficient (Wildman–Crippen LogP) is 5.61. The predicted molar refractivity (Wildman–Crippen MR) is 168 cm³/mol. The fraction of sp³-hybridized carbons (Fsp3) is 0.838. The molecule has 5 nitrogen and oxygen atoms in total. The molecule has 2 bridgehead atoms. The van der Waals surface area contributed by atoms with Crippen LogP contribution in [0.25, 0.3) is 0 Å². The third kappa shape index (κ3) is 4.75. The van der Waals surface area contributed by atoms with E-state index in [4.69, 9.17) is 0 Å². The Bertz CT molecular complexity index is 1100. The maximum absolute atomic E-state index is 12.4. The van der Waals surface area contributed by atoms with Crippen LogP contribution in [0.3, 0.4) is 0 Å². The summed E-state index contributed by atoms with van der Waals surface area (Å²) in [5.41, 5.74) is 0.839. The van der Waals surface area contributed by atoms with Gasteiger partial charge in [-0.15, -0.1) is 0 Å². The number of aliphatic hydroxyl groups excluding tert-OH is 2. The van der Waals surface area contributed by atoms with Crippen molar-refractivity contribution in [3.8, 4) is 0 Å². The van der Waals surface area contributed by atoms with Crippen molar-refractivity contribution in [3.63, 3.8) is 0 Å². The summed E-state index contributed by atoms with van der Waals surface area (Å²) in [7, 11) is 2.07. The second-order valence-corrected chi connectivity index (χ2v) is 16.6. The molecule has 42 heavy (non-hydrogen) atoms. The van der Waals surface area contributed by atoms with E-state index in [1.165, 1.54) is 37.7 Å². The van der Waals surface area contributed by atoms with Crippen molar-refractivity contribution in [2.45, 2.75) is 140 Å². The molecule has 2 spiro atoms. The van der Waals surface area contributed by atoms with Crippen molar-refractivity contribution in [1.82, 2.24) is 10.6 Å². The largest absolute Gasteiger partial charge is 0.393 e. The molecule has 6 fully saturated rings. The van der Waals surface area contributed by atoms with Crippen molar-refractivity contribution in [2.24, 2.45) is 39.9 Å². The van der Waals surface area contributed by atoms with Gasteiger partial charge in [-0.2, -0.15) is 0 Å². The van der Waals surface area contributed by atoms with E-state index >= 15 is 0 Å². The van der Waals surface area contributed by atoms with Crippen LogP contribution < -0.4 is 10.6 Å². The zero-order valence-corrected chi connectivity index (χ0v) is 26.4. The maximum atomic E-state index is 12.4. The molecule has 0 amide bonds. The molecule has 5 aliphatic carbocycles. The van der Waals surface area contributed by atoms with E-state index in [0.717, 1.165) is 77.2 Å². The summed E-state index contributed by atoms with van der Waals surface area (Å²) in [5.74, 6) is 2.14. The number of hydrogen-bond acceptors (Lipinski definition) is 5. The topological polar surface area (TPSA) is 84.8 Å². The molecular weight excluding hydrogens is 520 g/mol. The highest BCUT2D eigenvalue weighted by Gasteiger charge is 2.80. The van der Waals surface area contributed by atoms with Crippen LogP contribution in [0, 0.1) is 39.9 Å². The Morgan fingerprint density at radius 2 is 1.88 bits per heavy atom. The van der Waals surface area contributed by atoms with Gasteiger partial charge in [-0.25, -0.2) is 0 Å². The molecular formula is C37H58N2O3. The highest BCUT2D eigenvalue weighted by molar-refractivity contribution is 5.29. The minimum Gasteiger partial charge on any atom is -0.393 e. The number of rotatable bonds is 9. The Kier molecular flexibility index (Phi) is 7.87. The molecule has 7 rings (SSSR count). The van der Waals surface area contributed by atoms with Gasteiger partial charge in [-0.1, -0.05) is 56.5 Å². The lowest BCUT2D eigenvalue weighted by molar-refractivity contribution is -0.305. The van der Waals surface area contributed by atoms with E-state index in [1.54, 1.807) is 0 Å². The SMILES string of the molecule is CNC[C@H]1CC[C@@H]2C[C@@]34[C@H](C[C@@]35C[C@@H](CCC[C@H](O)CCc3ccccc3)C[C@H]5[C@@H]2N1)[C@@]1(O)CCC[C@@](C)(C[C@@H]4O)C1. The summed E-state index contributed by atoms with van der Waals surface area (Å²) in [6.45, 7) is 3.39. The number of hydrogen-bond donors (Lipinski definition) is 5. The first-order valence-corrected chi connectivity index (χ1v) is 17.7. The number of nitrogens with one attached hydrogen (secondary N) is 2. The summed E-state index contributed by atoms with van der Waals surface area (Å²) < 4.78 is 0. The molecule has 5 N–H and O–H groups in total. The minimum atomic E-state index is -0.592. The summed E-state index contributed by atoms with van der Waals surface area (Å²) >= 11 is 0. The molecule has 1 aromatic carbocycles. The van der Waals surface area contributed by atoms with Gasteiger partial charge in [0.25, 0.3) is 0 Å².